The second-order valence-electron chi connectivity index (χ2n) is 17.5. The zero-order valence-corrected chi connectivity index (χ0v) is 37.9. The number of benzene rings is 2. The fourth-order valence-corrected chi connectivity index (χ4v) is 11.2. The van der Waals surface area contributed by atoms with E-state index in [1.165, 1.54) is 28.5 Å². The first kappa shape index (κ1) is 42.9. The minimum absolute atomic E-state index is 0.110. The molecule has 326 valence electrons. The Kier molecular flexibility index (Phi) is 12.2. The highest BCUT2D eigenvalue weighted by atomic mass is 32.1. The van der Waals surface area contributed by atoms with Crippen molar-refractivity contribution in [2.24, 2.45) is 23.7 Å². The van der Waals surface area contributed by atoms with Crippen LogP contribution < -0.4 is 10.6 Å². The summed E-state index contributed by atoms with van der Waals surface area (Å²) in [6.45, 7) is 13.1. The number of nitrogens with zero attached hydrogens (tertiary/aromatic N) is 4. The average molecular weight is 879 g/mol. The van der Waals surface area contributed by atoms with Crippen LogP contribution in [0.1, 0.15) is 78.1 Å². The zero-order valence-electron chi connectivity index (χ0n) is 36.3. The van der Waals surface area contributed by atoms with Crippen LogP contribution in [0.25, 0.3) is 52.6 Å². The van der Waals surface area contributed by atoms with E-state index in [1.54, 1.807) is 22.7 Å². The van der Waals surface area contributed by atoms with E-state index >= 15 is 0 Å². The molecular weight excluding hydrogens is 825 g/mol. The molecule has 0 radical (unpaired) electrons. The number of ether oxygens (including phenoxy) is 2. The number of thiophene rings is 2. The third kappa shape index (κ3) is 8.54. The van der Waals surface area contributed by atoms with Gasteiger partial charge in [0.2, 0.25) is 11.8 Å². The number of aromatic amines is 2. The van der Waals surface area contributed by atoms with Gasteiger partial charge in [-0.1, -0.05) is 71.9 Å². The summed E-state index contributed by atoms with van der Waals surface area (Å²) in [4.78, 5) is 74.4. The van der Waals surface area contributed by atoms with Crippen molar-refractivity contribution in [1.29, 1.82) is 0 Å². The molecule has 0 spiro atoms. The fraction of sp³-hybridized carbons (Fsp3) is 0.435. The molecule has 0 aliphatic carbocycles. The van der Waals surface area contributed by atoms with Crippen molar-refractivity contribution < 1.29 is 28.7 Å². The predicted molar refractivity (Wildman–Crippen MR) is 243 cm³/mol. The number of rotatable bonds is 11. The standard InChI is InChI=1S/C46H54N8O6S2/c1-23(2)39(51-45(57)59-7)43(55)53-21-25(5)15-33(53)41-47-20-32(50-41)27-9-11-28(12-10-27)35-18-37-38(61-35)19-36(62-37)29-13-14-30-31(17-29)49-42(48-30)34-16-26(6)22-54(34)44(56)40(24(3)4)52-46(58)60-8/h9-14,17-20,23-26,33-34,39-40H,15-16,21-22H2,1-8H3,(H,47,50)(H,48,49)(H,51,57)(H,52,58)/t25-,26-,33?,34-,39?,40-/m0/s1. The number of fused-ring (bicyclic) bond motifs is 2. The van der Waals surface area contributed by atoms with Crippen LogP contribution in [0.2, 0.25) is 0 Å². The summed E-state index contributed by atoms with van der Waals surface area (Å²) < 4.78 is 12.0. The first-order valence-corrected chi connectivity index (χ1v) is 22.8. The van der Waals surface area contributed by atoms with Gasteiger partial charge >= 0.3 is 12.2 Å². The number of H-pyrrole nitrogens is 2. The molecule has 2 aliphatic heterocycles. The zero-order chi connectivity index (χ0) is 44.0. The smallest absolute Gasteiger partial charge is 0.407 e. The van der Waals surface area contributed by atoms with Crippen molar-refractivity contribution in [2.75, 3.05) is 27.3 Å². The third-order valence-corrected chi connectivity index (χ3v) is 14.5. The van der Waals surface area contributed by atoms with Crippen molar-refractivity contribution in [3.05, 3.63) is 72.4 Å². The van der Waals surface area contributed by atoms with Crippen molar-refractivity contribution >= 4 is 67.1 Å². The number of carbonyl (C=O) groups excluding carboxylic acids is 4. The van der Waals surface area contributed by atoms with Gasteiger partial charge < -0.3 is 39.9 Å². The summed E-state index contributed by atoms with van der Waals surface area (Å²) >= 11 is 3.52. The molecule has 2 fully saturated rings. The number of hydrogen-bond acceptors (Lipinski definition) is 10. The Morgan fingerprint density at radius 2 is 1.19 bits per heavy atom. The molecule has 0 saturated carbocycles. The highest BCUT2D eigenvalue weighted by Crippen LogP contribution is 2.43. The van der Waals surface area contributed by atoms with E-state index in [-0.39, 0.29) is 47.6 Å². The maximum absolute atomic E-state index is 13.8. The van der Waals surface area contributed by atoms with Crippen LogP contribution in [-0.2, 0) is 19.1 Å². The molecule has 6 heterocycles. The molecular formula is C46H54N8O6S2. The van der Waals surface area contributed by atoms with E-state index in [9.17, 15) is 19.2 Å². The molecule has 4 N–H and O–H groups in total. The van der Waals surface area contributed by atoms with Gasteiger partial charge in [0.1, 0.15) is 23.7 Å². The number of nitrogens with one attached hydrogen (secondary N) is 4. The first-order chi connectivity index (χ1) is 29.7. The van der Waals surface area contributed by atoms with Crippen LogP contribution in [0.5, 0.6) is 0 Å². The molecule has 14 nitrogen and oxygen atoms in total. The van der Waals surface area contributed by atoms with E-state index in [4.69, 9.17) is 19.4 Å². The van der Waals surface area contributed by atoms with Crippen LogP contribution in [0.3, 0.4) is 0 Å². The summed E-state index contributed by atoms with van der Waals surface area (Å²) in [7, 11) is 2.60. The van der Waals surface area contributed by atoms with Gasteiger partial charge in [0, 0.05) is 32.2 Å². The molecule has 4 aromatic heterocycles. The SMILES string of the molecule is COC(=O)NC(C(=O)N1C[C@@H](C)CC1c1ncc(-c2ccc(-c3cc4sc(-c5ccc6nc([C@@H]7C[C@H](C)CN7C(=O)[C@@H](NC(=O)OC)C(C)C)[nH]c6c5)cc4s3)cc2)[nH]1)C(C)C. The molecule has 4 amide bonds. The Bertz CT molecular complexity index is 2580. The average Bonchev–Trinajstić information content (AvgIpc) is 4.11. The topological polar surface area (TPSA) is 175 Å². The van der Waals surface area contributed by atoms with Crippen LogP contribution in [0.15, 0.2) is 60.8 Å². The normalized spacial score (nSPS) is 20.0. The van der Waals surface area contributed by atoms with Gasteiger partial charge in [-0.25, -0.2) is 19.6 Å². The van der Waals surface area contributed by atoms with Gasteiger partial charge in [0.05, 0.1) is 49.2 Å². The lowest BCUT2D eigenvalue weighted by molar-refractivity contribution is -0.136. The van der Waals surface area contributed by atoms with Crippen molar-refractivity contribution in [3.8, 4) is 32.1 Å². The Morgan fingerprint density at radius 1 is 0.694 bits per heavy atom. The number of aromatic nitrogens is 4. The number of carbonyl (C=O) groups is 4. The second-order valence-corrected chi connectivity index (χ2v) is 19.6. The van der Waals surface area contributed by atoms with Crippen LogP contribution in [0.4, 0.5) is 9.59 Å². The largest absolute Gasteiger partial charge is 0.453 e. The van der Waals surface area contributed by atoms with Crippen molar-refractivity contribution in [3.63, 3.8) is 0 Å². The molecule has 8 rings (SSSR count). The van der Waals surface area contributed by atoms with E-state index in [2.05, 4.69) is 83.0 Å². The first-order valence-electron chi connectivity index (χ1n) is 21.2. The fourth-order valence-electron chi connectivity index (χ4n) is 8.78. The summed E-state index contributed by atoms with van der Waals surface area (Å²) in [5.74, 6) is 1.56. The molecule has 2 saturated heterocycles. The number of likely N-dealkylation sites (tertiary alicyclic amines) is 2. The second kappa shape index (κ2) is 17.6. The van der Waals surface area contributed by atoms with E-state index in [0.717, 1.165) is 62.8 Å². The molecule has 0 bridgehead atoms. The number of amides is 4. The van der Waals surface area contributed by atoms with Crippen LogP contribution in [0, 0.1) is 23.7 Å². The number of imidazole rings is 2. The van der Waals surface area contributed by atoms with Gasteiger partial charge in [0.25, 0.3) is 0 Å². The van der Waals surface area contributed by atoms with Crippen LogP contribution in [-0.4, -0.2) is 93.1 Å². The lowest BCUT2D eigenvalue weighted by atomic mass is 10.0. The molecule has 2 aromatic carbocycles. The lowest BCUT2D eigenvalue weighted by Crippen LogP contribution is -2.51. The van der Waals surface area contributed by atoms with Gasteiger partial charge in [-0.2, -0.15) is 0 Å². The molecule has 6 atom stereocenters. The Labute approximate surface area is 368 Å². The maximum atomic E-state index is 13.8. The Hall–Kier alpha value is -5.74. The maximum Gasteiger partial charge on any atom is 0.407 e. The highest BCUT2D eigenvalue weighted by Gasteiger charge is 2.41. The summed E-state index contributed by atoms with van der Waals surface area (Å²) in [5, 5.41) is 5.45. The summed E-state index contributed by atoms with van der Waals surface area (Å²) in [6.07, 6.45) is 2.14. The molecule has 2 unspecified atom stereocenters. The highest BCUT2D eigenvalue weighted by molar-refractivity contribution is 7.31. The van der Waals surface area contributed by atoms with Gasteiger partial charge in [0.15, 0.2) is 0 Å². The number of alkyl carbamates (subject to hydrolysis) is 2. The number of methoxy groups -OCH3 is 2. The van der Waals surface area contributed by atoms with E-state index < -0.39 is 24.3 Å². The van der Waals surface area contributed by atoms with E-state index in [0.29, 0.717) is 13.1 Å². The molecule has 62 heavy (non-hydrogen) atoms. The monoisotopic (exact) mass is 878 g/mol. The van der Waals surface area contributed by atoms with Gasteiger partial charge in [-0.15, -0.1) is 22.7 Å². The Balaban J connectivity index is 0.957. The van der Waals surface area contributed by atoms with Crippen molar-refractivity contribution in [2.45, 2.75) is 78.6 Å². The Morgan fingerprint density at radius 3 is 1.73 bits per heavy atom. The van der Waals surface area contributed by atoms with Gasteiger partial charge in [-0.3, -0.25) is 9.59 Å². The summed E-state index contributed by atoms with van der Waals surface area (Å²) in [6, 6.07) is 17.4. The summed E-state index contributed by atoms with van der Waals surface area (Å²) in [5.41, 5.74) is 5.85. The molecule has 6 aromatic rings. The van der Waals surface area contributed by atoms with Crippen molar-refractivity contribution in [1.82, 2.24) is 40.4 Å². The molecule has 2 aliphatic rings. The minimum Gasteiger partial charge on any atom is -0.453 e. The van der Waals surface area contributed by atoms with Crippen LogP contribution >= 0.6 is 22.7 Å². The predicted octanol–water partition coefficient (Wildman–Crippen LogP) is 9.14. The number of hydrogen-bond donors (Lipinski definition) is 4. The van der Waals surface area contributed by atoms with E-state index in [1.807, 2.05) is 49.8 Å². The quantitative estimate of drug-likeness (QED) is 0.0997. The lowest BCUT2D eigenvalue weighted by Gasteiger charge is -2.30. The van der Waals surface area contributed by atoms with Gasteiger partial charge in [-0.05, 0) is 77.5 Å². The third-order valence-electron chi connectivity index (χ3n) is 12.1. The molecule has 16 heteroatoms. The minimum atomic E-state index is -0.697.